The zero-order chi connectivity index (χ0) is 98.9. The summed E-state index contributed by atoms with van der Waals surface area (Å²) < 4.78 is 98.8. The predicted molar refractivity (Wildman–Crippen MR) is 493 cm³/mol. The fraction of sp³-hybridized carbons (Fsp3) is 0.448. The quantitative estimate of drug-likeness (QED) is 0.0179. The molecule has 1 fully saturated rings. The monoisotopic (exact) mass is 2110 g/mol. The Morgan fingerprint density at radius 1 is 0.485 bits per heavy atom. The molecule has 5 heterocycles. The van der Waals surface area contributed by atoms with Crippen molar-refractivity contribution in [3.8, 4) is 0 Å². The van der Waals surface area contributed by atoms with E-state index in [1.807, 2.05) is 0 Å². The number of carboxylic acids is 4. The number of aliphatic carboxylic acids is 4. The maximum Gasteiger partial charge on any atom is 0.323 e. The van der Waals surface area contributed by atoms with Gasteiger partial charge in [0.25, 0.3) is 21.9 Å². The van der Waals surface area contributed by atoms with Crippen LogP contribution in [0.4, 0.5) is 11.9 Å². The first kappa shape index (κ1) is 109. The number of aryl methyl sites for hydroxylation is 8. The number of rotatable bonds is 48. The summed E-state index contributed by atoms with van der Waals surface area (Å²) in [5, 5.41) is 61.0. The number of hydrogen-bond donors (Lipinski definition) is 17. The second kappa shape index (κ2) is 50.3. The number of nitrogens with zero attached hydrogens (tertiary/aromatic N) is 8. The average Bonchev–Trinajstić information content (AvgIpc) is 0.802. The summed E-state index contributed by atoms with van der Waals surface area (Å²) in [6.07, 6.45) is 6.37. The number of nitrogens with one attached hydrogen (secondary N) is 12. The topological polar surface area (TPSA) is 643 Å². The third-order valence-electron chi connectivity index (χ3n) is 22.3. The number of H-pyrrole nitrogens is 2. The Morgan fingerprint density at radius 2 is 0.897 bits per heavy atom. The summed E-state index contributed by atoms with van der Waals surface area (Å²) in [7, 11) is -14.1. The van der Waals surface area contributed by atoms with Gasteiger partial charge in [-0.15, -0.1) is 0 Å². The van der Waals surface area contributed by atoms with Gasteiger partial charge in [-0.2, -0.15) is 17.9 Å². The van der Waals surface area contributed by atoms with Gasteiger partial charge in [-0.25, -0.2) is 26.8 Å². The van der Waals surface area contributed by atoms with E-state index in [-0.39, 0.29) is 167 Å². The van der Waals surface area contributed by atoms with E-state index in [4.69, 9.17) is 0 Å². The number of amides is 6. The molecule has 49 heteroatoms. The van der Waals surface area contributed by atoms with E-state index in [0.717, 1.165) is 24.2 Å². The third-order valence-corrected chi connectivity index (χ3v) is 26.6. The molecule has 0 aliphatic carbocycles. The van der Waals surface area contributed by atoms with E-state index in [9.17, 15) is 117 Å². The number of anilines is 2. The Hall–Kier alpha value is -11.8. The van der Waals surface area contributed by atoms with Crippen molar-refractivity contribution < 1.29 is 145 Å². The van der Waals surface area contributed by atoms with Crippen LogP contribution in [0.2, 0.25) is 0 Å². The second-order valence-electron chi connectivity index (χ2n) is 33.1. The number of hydrogen-bond acceptors (Lipinski definition) is 28. The molecule has 8 aromatic rings. The Morgan fingerprint density at radius 3 is 1.29 bits per heavy atom. The van der Waals surface area contributed by atoms with Crippen molar-refractivity contribution in [2.75, 3.05) is 115 Å². The molecule has 1 radical (unpaired) electrons. The largest absolute Gasteiger partial charge is 0.480 e. The van der Waals surface area contributed by atoms with Gasteiger partial charge in [0, 0.05) is 196 Å². The van der Waals surface area contributed by atoms with Crippen LogP contribution in [0.1, 0.15) is 118 Å². The number of imidazole rings is 2. The van der Waals surface area contributed by atoms with Gasteiger partial charge in [-0.05, 0) is 132 Å². The van der Waals surface area contributed by atoms with Gasteiger partial charge in [-0.1, -0.05) is 54.4 Å². The fourth-order valence-electron chi connectivity index (χ4n) is 15.9. The standard InChI is InChI=1S/C87H114N20O25S3.Lu/c1-9-64(83(122)88-19-11-25-107-45-63(78(119)61-16-14-59(39-70(61)107)41-96-87-91-22-23-92-87)82(121)94-43-67(85(124)125)101-135(131,132)80-55(6)36-52(3)37-56(80)7)97-72(110)18-17-65(98-73(111)46-102-26-28-103(47-74(112)113)30-32-105(49-76(116)117)33-31-104(29-27-102)48-75(114)115)84(123)99-68(50-133(126,127)128)71(109)12-10-24-106-44-62(77(118)60-15-13-58(38-69(60)106)40-95-86-89-20-21-90-86)81(120)93-42-66(57(8)108)100-134(129,130)79-53(4)34-51(2)35-54(79)5;/h13-16,20-23,34-39,44-45,64-68,100-101H,9-12,17-19,24-33,40-43,46-50H2,1-8H3,(H,88,122)(H,93,120)(H,94,121)(H,97,110)(H,98,111)(H,99,123)(H,112,113)(H,114,115)(H,116,117)(H,124,125)(H2,89,90,95)(H2,91,92,96)(H,126,127,128);/t64-,65-,66?,67?,68-;/m0./s1. The average molecular weight is 2110 g/mol. The van der Waals surface area contributed by atoms with Crippen molar-refractivity contribution in [1.82, 2.24) is 90.0 Å². The number of carbonyl (C=O) groups excluding carboxylic acids is 8. The summed E-state index contributed by atoms with van der Waals surface area (Å²) in [6.45, 7) is 8.60. The minimum atomic E-state index is -5.21. The number of aromatic nitrogens is 6. The van der Waals surface area contributed by atoms with Crippen LogP contribution in [-0.4, -0.2) is 304 Å². The molecule has 6 amide bonds. The predicted octanol–water partition coefficient (Wildman–Crippen LogP) is 0.228. The maximum atomic E-state index is 15.0. The molecule has 9 rings (SSSR count). The molecule has 4 aromatic carbocycles. The van der Waals surface area contributed by atoms with E-state index in [2.05, 4.69) is 71.9 Å². The van der Waals surface area contributed by atoms with Gasteiger partial charge in [0.15, 0.2) is 17.7 Å². The van der Waals surface area contributed by atoms with Crippen LogP contribution in [0.15, 0.2) is 117 Å². The van der Waals surface area contributed by atoms with Crippen molar-refractivity contribution in [2.24, 2.45) is 0 Å². The number of carboxylic acid groups (broad SMARTS) is 4. The maximum absolute atomic E-state index is 15.0. The van der Waals surface area contributed by atoms with Gasteiger partial charge >= 0.3 is 23.9 Å². The molecular weight excluding hydrogens is 2000 g/mol. The molecule has 5 atom stereocenters. The Balaban J connectivity index is 0.0000227. The molecule has 0 spiro atoms. The van der Waals surface area contributed by atoms with Crippen molar-refractivity contribution in [2.45, 2.75) is 160 Å². The van der Waals surface area contributed by atoms with Crippen molar-refractivity contribution in [3.05, 3.63) is 174 Å². The summed E-state index contributed by atoms with van der Waals surface area (Å²) >= 11 is 0. The SMILES string of the molecule is CC[C@H](NC(=O)CC[C@H](NC(=O)CN1CCN(CC(=O)O)CCN(CC(=O)O)CCN(CC(=O)O)CC1)C(=O)N[C@@H](CS(=O)(=O)O)C(=O)CCCn1cc(C(=O)NCC(NS(=O)(=O)c2c(C)cc(C)cc2C)C(C)=O)c(=O)c2ccc(CNc3ncc[nH]3)cc21)C(=O)NCCCn1cc(C(=O)NCC(NS(=O)(=O)c2c(C)cc(C)cc2C)C(=O)O)c(=O)c2ccc(CNc3ncc[nH]3)cc21.[Lu]. The van der Waals surface area contributed by atoms with Gasteiger partial charge < -0.3 is 82.1 Å². The van der Waals surface area contributed by atoms with Crippen molar-refractivity contribution >= 4 is 135 Å². The molecule has 136 heavy (non-hydrogen) atoms. The zero-order valence-electron chi connectivity index (χ0n) is 76.0. The zero-order valence-corrected chi connectivity index (χ0v) is 80.1. The van der Waals surface area contributed by atoms with Crippen molar-refractivity contribution in [3.63, 3.8) is 0 Å². The Labute approximate surface area is 812 Å². The van der Waals surface area contributed by atoms with Gasteiger partial charge in [0.2, 0.25) is 54.5 Å². The summed E-state index contributed by atoms with van der Waals surface area (Å²) in [6, 6.07) is 7.18. The number of pyridine rings is 2. The third kappa shape index (κ3) is 32.4. The molecule has 45 nitrogen and oxygen atoms in total. The van der Waals surface area contributed by atoms with E-state index in [1.54, 1.807) is 114 Å². The van der Waals surface area contributed by atoms with E-state index in [1.165, 1.54) is 54.9 Å². The summed E-state index contributed by atoms with van der Waals surface area (Å²) in [5.41, 5.74) is 2.21. The van der Waals surface area contributed by atoms with E-state index >= 15 is 0 Å². The van der Waals surface area contributed by atoms with Crippen molar-refractivity contribution in [1.29, 1.82) is 0 Å². The number of carbonyl (C=O) groups is 12. The molecule has 1 saturated heterocycles. The molecular formula is C87H114LuN20O25S3. The van der Waals surface area contributed by atoms with Crippen LogP contribution in [-0.2, 0) is 104 Å². The number of aromatic amines is 2. The van der Waals surface area contributed by atoms with Gasteiger partial charge in [0.1, 0.15) is 46.8 Å². The Kier molecular flexibility index (Phi) is 40.5. The molecule has 0 bridgehead atoms. The number of sulfonamides is 2. The molecule has 17 N–H and O–H groups in total. The van der Waals surface area contributed by atoms with E-state index < -0.39 is 218 Å². The molecule has 1 aliphatic heterocycles. The minimum absolute atomic E-state index is 0. The summed E-state index contributed by atoms with van der Waals surface area (Å²) in [4.78, 5) is 211. The molecule has 4 aromatic heterocycles. The first-order valence-corrected chi connectivity index (χ1v) is 47.8. The molecule has 2 unspecified atom stereocenters. The van der Waals surface area contributed by atoms with Crippen LogP contribution >= 0.6 is 0 Å². The first-order chi connectivity index (χ1) is 63.7. The van der Waals surface area contributed by atoms with E-state index in [0.29, 0.717) is 50.8 Å². The normalized spacial score (nSPS) is 14.5. The van der Waals surface area contributed by atoms with Crippen LogP contribution in [0.3, 0.4) is 0 Å². The van der Waals surface area contributed by atoms with Gasteiger partial charge in [-0.3, -0.25) is 91.3 Å². The first-order valence-electron chi connectivity index (χ1n) is 43.2. The molecule has 745 valence electrons. The van der Waals surface area contributed by atoms with Gasteiger partial charge in [0.05, 0.1) is 53.0 Å². The van der Waals surface area contributed by atoms with Crippen LogP contribution < -0.4 is 62.8 Å². The summed E-state index contributed by atoms with van der Waals surface area (Å²) in [5.74, 6) is -13.7. The van der Waals surface area contributed by atoms with Crippen LogP contribution in [0.25, 0.3) is 21.8 Å². The molecule has 0 saturated carbocycles. The Bertz CT molecular complexity index is 6140. The van der Waals surface area contributed by atoms with Crippen LogP contribution in [0.5, 0.6) is 0 Å². The number of fused-ring (bicyclic) bond motifs is 2. The molecule has 1 aliphatic rings. The number of Topliss-reactive ketones (excluding diaryl/α,β-unsaturated/α-hetero) is 2. The van der Waals surface area contributed by atoms with Crippen LogP contribution in [0, 0.1) is 78.4 Å². The second-order valence-corrected chi connectivity index (χ2v) is 37.9. The fourth-order valence-corrected chi connectivity index (χ4v) is 19.9. The number of ketones is 2. The smallest absolute Gasteiger partial charge is 0.323 e. The number of benzene rings is 4. The minimum Gasteiger partial charge on any atom is -0.480 e.